The molecule has 10 heteroatoms. The quantitative estimate of drug-likeness (QED) is 0.549. The van der Waals surface area contributed by atoms with Gasteiger partial charge in [0.15, 0.2) is 5.82 Å². The van der Waals surface area contributed by atoms with E-state index < -0.39 is 30.5 Å². The van der Waals surface area contributed by atoms with Gasteiger partial charge in [-0.05, 0) is 56.5 Å². The number of benzene rings is 1. The number of hydrogen-bond acceptors (Lipinski definition) is 5. The predicted octanol–water partition coefficient (Wildman–Crippen LogP) is 4.61. The lowest BCUT2D eigenvalue weighted by Gasteiger charge is -2.28. The Morgan fingerprint density at radius 1 is 1.37 bits per heavy atom. The van der Waals surface area contributed by atoms with Crippen LogP contribution in [0.25, 0.3) is 5.57 Å². The van der Waals surface area contributed by atoms with Crippen LogP contribution >= 0.6 is 0 Å². The molecule has 0 bridgehead atoms. The molecule has 1 aromatic heterocycles. The lowest BCUT2D eigenvalue weighted by Crippen LogP contribution is -2.36. The summed E-state index contributed by atoms with van der Waals surface area (Å²) in [6, 6.07) is 2.41. The summed E-state index contributed by atoms with van der Waals surface area (Å²) >= 11 is 0. The molecular formula is C25H31F2N5O3. The monoisotopic (exact) mass is 487 g/mol. The summed E-state index contributed by atoms with van der Waals surface area (Å²) in [7, 11) is 0. The van der Waals surface area contributed by atoms with Crippen LogP contribution < -0.4 is 5.32 Å². The second-order valence-corrected chi connectivity index (χ2v) is 8.22. The molecule has 8 nitrogen and oxygen atoms in total. The van der Waals surface area contributed by atoms with E-state index >= 15 is 0 Å². The first-order valence-corrected chi connectivity index (χ1v) is 11.3. The predicted molar refractivity (Wildman–Crippen MR) is 130 cm³/mol. The van der Waals surface area contributed by atoms with Gasteiger partial charge < -0.3 is 19.5 Å². The molecule has 0 spiro atoms. The lowest BCUT2D eigenvalue weighted by molar-refractivity contribution is 0.0961. The highest BCUT2D eigenvalue weighted by Crippen LogP contribution is 2.23. The third-order valence-electron chi connectivity index (χ3n) is 5.58. The first-order chi connectivity index (χ1) is 16.7. The van der Waals surface area contributed by atoms with Crippen LogP contribution in [-0.4, -0.2) is 51.5 Å². The van der Waals surface area contributed by atoms with E-state index in [-0.39, 0.29) is 20.1 Å². The number of nitrogens with zero attached hydrogens (tertiary/aromatic N) is 4. The Hall–Kier alpha value is -3.82. The number of rotatable bonds is 8. The summed E-state index contributed by atoms with van der Waals surface area (Å²) < 4.78 is 34.3. The van der Waals surface area contributed by atoms with Crippen LogP contribution in [0.1, 0.15) is 55.5 Å². The minimum absolute atomic E-state index is 0. The molecule has 3 rings (SSSR count). The van der Waals surface area contributed by atoms with Gasteiger partial charge in [0, 0.05) is 25.8 Å². The molecule has 1 aliphatic heterocycles. The number of fused-ring (bicyclic) bond motifs is 1. The van der Waals surface area contributed by atoms with Gasteiger partial charge in [0.1, 0.15) is 18.8 Å². The molecule has 0 saturated heterocycles. The molecule has 2 amide bonds. The molecule has 0 fully saturated rings. The summed E-state index contributed by atoms with van der Waals surface area (Å²) in [4.78, 5) is 26.3. The molecule has 1 N–H and O–H groups in total. The van der Waals surface area contributed by atoms with E-state index in [0.29, 0.717) is 35.6 Å². The van der Waals surface area contributed by atoms with Gasteiger partial charge in [0.25, 0.3) is 5.91 Å². The van der Waals surface area contributed by atoms with Crippen molar-refractivity contribution in [2.75, 3.05) is 19.8 Å². The van der Waals surface area contributed by atoms with Gasteiger partial charge in [-0.1, -0.05) is 18.7 Å². The fraction of sp³-hybridized carbons (Fsp3) is 0.360. The number of hydrogen-bond donors (Lipinski definition) is 1. The van der Waals surface area contributed by atoms with Crippen LogP contribution in [0.15, 0.2) is 49.0 Å². The summed E-state index contributed by atoms with van der Waals surface area (Å²) in [6.45, 7) is 9.41. The summed E-state index contributed by atoms with van der Waals surface area (Å²) in [6.07, 6.45) is 6.43. The molecule has 1 atom stereocenters. The third kappa shape index (κ3) is 6.20. The summed E-state index contributed by atoms with van der Waals surface area (Å²) in [5, 5.41) is 10.4. The fourth-order valence-corrected chi connectivity index (χ4v) is 3.66. The maximum absolute atomic E-state index is 14.6. The minimum atomic E-state index is -0.621. The summed E-state index contributed by atoms with van der Waals surface area (Å²) in [5.41, 5.74) is 2.36. The first kappa shape index (κ1) is 25.8. The van der Waals surface area contributed by atoms with Crippen molar-refractivity contribution in [3.63, 3.8) is 0 Å². The van der Waals surface area contributed by atoms with E-state index in [9.17, 15) is 18.4 Å². The van der Waals surface area contributed by atoms with Gasteiger partial charge in [0.05, 0.1) is 18.2 Å². The molecule has 1 aliphatic rings. The normalized spacial score (nSPS) is 14.5. The van der Waals surface area contributed by atoms with Crippen LogP contribution in [0.4, 0.5) is 13.6 Å². The molecule has 0 saturated carbocycles. The average molecular weight is 488 g/mol. The van der Waals surface area contributed by atoms with E-state index in [2.05, 4.69) is 22.1 Å². The van der Waals surface area contributed by atoms with Crippen LogP contribution in [0.5, 0.6) is 0 Å². The number of alkyl halides is 1. The number of aromatic nitrogens is 3. The van der Waals surface area contributed by atoms with E-state index in [0.717, 1.165) is 5.56 Å². The zero-order valence-electron chi connectivity index (χ0n) is 20.1. The van der Waals surface area contributed by atoms with Crippen molar-refractivity contribution < 1.29 is 24.5 Å². The van der Waals surface area contributed by atoms with Crippen molar-refractivity contribution >= 4 is 17.6 Å². The van der Waals surface area contributed by atoms with Crippen molar-refractivity contribution in [2.45, 2.75) is 39.8 Å². The summed E-state index contributed by atoms with van der Waals surface area (Å²) in [5.74, 6) is -0.783. The van der Waals surface area contributed by atoms with E-state index in [1.54, 1.807) is 43.6 Å². The van der Waals surface area contributed by atoms with Gasteiger partial charge >= 0.3 is 6.09 Å². The third-order valence-corrected chi connectivity index (χ3v) is 5.58. The standard InChI is InChI=1S/C25H29F2N5O3.H2/c1-5-35-25(34)31-10-9-19-12-22(27)21(11-20(19)14-31)24(33)29-17(3)8-6-7-16(2)23-30-28-15-32(23)18(4)13-26;/h6-8,11-12,15,18H,2,5,9-10,13-14H2,1,3-4H3,(H,29,33);1H/b7-6-,17-8+;/t18-;/m1./s1. The highest BCUT2D eigenvalue weighted by atomic mass is 19.1. The van der Waals surface area contributed by atoms with Crippen molar-refractivity contribution in [1.29, 1.82) is 0 Å². The molecule has 35 heavy (non-hydrogen) atoms. The van der Waals surface area contributed by atoms with Crippen molar-refractivity contribution in [3.05, 3.63) is 77.3 Å². The lowest BCUT2D eigenvalue weighted by atomic mass is 9.96. The Morgan fingerprint density at radius 2 is 2.14 bits per heavy atom. The van der Waals surface area contributed by atoms with Gasteiger partial charge in [0.2, 0.25) is 0 Å². The number of ether oxygens (including phenoxy) is 1. The van der Waals surface area contributed by atoms with Crippen LogP contribution in [0, 0.1) is 5.82 Å². The number of allylic oxidation sites excluding steroid dienone is 5. The SMILES string of the molecule is C=C(/C=C\C=C(/C)NC(=O)c1cc2c(cc1F)CCN(C(=O)OCC)C2)c1nncn1[C@H](C)CF.[HH]. The second kappa shape index (κ2) is 11.5. The minimum Gasteiger partial charge on any atom is -0.450 e. The van der Waals surface area contributed by atoms with Crippen molar-refractivity contribution in [2.24, 2.45) is 0 Å². The topological polar surface area (TPSA) is 89.3 Å². The molecule has 1 aromatic carbocycles. The highest BCUT2D eigenvalue weighted by molar-refractivity contribution is 5.96. The molecule has 0 radical (unpaired) electrons. The molecule has 0 unspecified atom stereocenters. The molecular weight excluding hydrogens is 456 g/mol. The number of carbonyl (C=O) groups is 2. The Kier molecular flexibility index (Phi) is 8.51. The second-order valence-electron chi connectivity index (χ2n) is 8.22. The smallest absolute Gasteiger partial charge is 0.410 e. The number of halogens is 2. The maximum atomic E-state index is 14.6. The largest absolute Gasteiger partial charge is 0.450 e. The van der Waals surface area contributed by atoms with Gasteiger partial charge in [-0.25, -0.2) is 13.6 Å². The van der Waals surface area contributed by atoms with Gasteiger partial charge in [-0.2, -0.15) is 0 Å². The highest BCUT2D eigenvalue weighted by Gasteiger charge is 2.24. The van der Waals surface area contributed by atoms with E-state index in [1.807, 2.05) is 0 Å². The maximum Gasteiger partial charge on any atom is 0.410 e. The number of nitrogens with one attached hydrogen (secondary N) is 1. The first-order valence-electron chi connectivity index (χ1n) is 11.3. The van der Waals surface area contributed by atoms with Gasteiger partial charge in [-0.3, -0.25) is 4.79 Å². The Balaban J connectivity index is 0.00000456. The zero-order chi connectivity index (χ0) is 25.5. The van der Waals surface area contributed by atoms with Crippen LogP contribution in [0.2, 0.25) is 0 Å². The fourth-order valence-electron chi connectivity index (χ4n) is 3.66. The average Bonchev–Trinajstić information content (AvgIpc) is 3.33. The molecule has 2 aromatic rings. The van der Waals surface area contributed by atoms with Crippen LogP contribution in [-0.2, 0) is 17.7 Å². The van der Waals surface area contributed by atoms with Gasteiger partial charge in [-0.15, -0.1) is 10.2 Å². The van der Waals surface area contributed by atoms with Crippen LogP contribution in [0.3, 0.4) is 0 Å². The molecule has 0 aliphatic carbocycles. The number of carbonyl (C=O) groups excluding carboxylic acids is 2. The Labute approximate surface area is 204 Å². The van der Waals surface area contributed by atoms with E-state index in [4.69, 9.17) is 4.74 Å². The Bertz CT molecular complexity index is 1180. The molecule has 188 valence electrons. The van der Waals surface area contributed by atoms with Crippen molar-refractivity contribution in [1.82, 2.24) is 25.0 Å². The zero-order valence-corrected chi connectivity index (χ0v) is 20.1. The van der Waals surface area contributed by atoms with E-state index in [1.165, 1.54) is 23.4 Å². The molecule has 2 heterocycles. The number of amides is 2. The van der Waals surface area contributed by atoms with Crippen molar-refractivity contribution in [3.8, 4) is 0 Å². The Morgan fingerprint density at radius 3 is 2.86 bits per heavy atom.